The van der Waals surface area contributed by atoms with E-state index in [9.17, 15) is 0 Å². The topological polar surface area (TPSA) is 47.5 Å². The number of rotatable bonds is 2. The van der Waals surface area contributed by atoms with Gasteiger partial charge in [0.2, 0.25) is 0 Å². The van der Waals surface area contributed by atoms with Crippen LogP contribution in [0.3, 0.4) is 0 Å². The first-order valence-corrected chi connectivity index (χ1v) is 9.66. The molecule has 2 aliphatic heterocycles. The fourth-order valence-electron chi connectivity index (χ4n) is 3.44. The summed E-state index contributed by atoms with van der Waals surface area (Å²) in [6.07, 6.45) is 9.26. The number of aliphatic hydroxyl groups is 1. The van der Waals surface area contributed by atoms with Crippen LogP contribution in [0.25, 0.3) is 0 Å². The molecule has 132 valence electrons. The van der Waals surface area contributed by atoms with Crippen LogP contribution in [0.4, 0.5) is 0 Å². The van der Waals surface area contributed by atoms with Crippen molar-refractivity contribution in [1.29, 1.82) is 0 Å². The Hall–Kier alpha value is -0.160. The number of nitrogens with zero attached hydrogens (tertiary/aromatic N) is 1. The second-order valence-corrected chi connectivity index (χ2v) is 6.54. The second-order valence-electron chi connectivity index (χ2n) is 6.54. The van der Waals surface area contributed by atoms with E-state index in [1.807, 2.05) is 13.8 Å². The van der Waals surface area contributed by atoms with Crippen molar-refractivity contribution in [3.8, 4) is 0 Å². The minimum Gasteiger partial charge on any atom is -0.393 e. The molecule has 3 aliphatic rings. The van der Waals surface area contributed by atoms with E-state index in [2.05, 4.69) is 15.5 Å². The molecule has 0 aromatic carbocycles. The summed E-state index contributed by atoms with van der Waals surface area (Å²) in [6, 6.07) is 0. The molecule has 2 heterocycles. The number of piperazine rings is 1. The fraction of sp³-hybridized carbons (Fsp3) is 1.00. The molecule has 3 rings (SSSR count). The molecule has 0 aromatic heterocycles. The van der Waals surface area contributed by atoms with Crippen LogP contribution in [-0.2, 0) is 0 Å². The average molecular weight is 314 g/mol. The summed E-state index contributed by atoms with van der Waals surface area (Å²) in [5.74, 6) is 1.02. The number of piperidine rings is 1. The van der Waals surface area contributed by atoms with Crippen LogP contribution < -0.4 is 10.6 Å². The molecule has 0 spiro atoms. The molecule has 0 radical (unpaired) electrons. The van der Waals surface area contributed by atoms with Crippen molar-refractivity contribution in [2.75, 3.05) is 45.8 Å². The molecule has 0 aromatic rings. The predicted octanol–water partition coefficient (Wildman–Crippen LogP) is 2.23. The SMILES string of the molecule is C1CCC(CN2CCNCC2)CC1.CC.OC1CCNCC1. The molecule has 1 aliphatic carbocycles. The van der Waals surface area contributed by atoms with E-state index in [0.717, 1.165) is 31.8 Å². The van der Waals surface area contributed by atoms with Crippen LogP contribution in [0.2, 0.25) is 0 Å². The van der Waals surface area contributed by atoms with E-state index < -0.39 is 0 Å². The molecule has 0 atom stereocenters. The van der Waals surface area contributed by atoms with Crippen LogP contribution in [0.5, 0.6) is 0 Å². The molecule has 2 saturated heterocycles. The molecule has 0 bridgehead atoms. The van der Waals surface area contributed by atoms with E-state index in [1.54, 1.807) is 0 Å². The average Bonchev–Trinajstić information content (AvgIpc) is 2.60. The maximum atomic E-state index is 8.87. The monoisotopic (exact) mass is 313 g/mol. The van der Waals surface area contributed by atoms with Gasteiger partial charge in [-0.2, -0.15) is 0 Å². The first kappa shape index (κ1) is 19.9. The van der Waals surface area contributed by atoms with Gasteiger partial charge in [-0.15, -0.1) is 0 Å². The zero-order chi connectivity index (χ0) is 16.0. The van der Waals surface area contributed by atoms with Crippen molar-refractivity contribution in [1.82, 2.24) is 15.5 Å². The molecule has 0 amide bonds. The van der Waals surface area contributed by atoms with Gasteiger partial charge in [0.05, 0.1) is 6.10 Å². The van der Waals surface area contributed by atoms with Crippen LogP contribution in [-0.4, -0.2) is 61.9 Å². The van der Waals surface area contributed by atoms with E-state index >= 15 is 0 Å². The lowest BCUT2D eigenvalue weighted by molar-refractivity contribution is 0.137. The van der Waals surface area contributed by atoms with Crippen molar-refractivity contribution in [3.63, 3.8) is 0 Å². The summed E-state index contributed by atoms with van der Waals surface area (Å²) in [5.41, 5.74) is 0. The Morgan fingerprint density at radius 1 is 0.818 bits per heavy atom. The lowest BCUT2D eigenvalue weighted by Crippen LogP contribution is -2.45. The van der Waals surface area contributed by atoms with Gasteiger partial charge >= 0.3 is 0 Å². The quantitative estimate of drug-likeness (QED) is 0.732. The molecule has 3 N–H and O–H groups in total. The predicted molar refractivity (Wildman–Crippen MR) is 95.3 cm³/mol. The summed E-state index contributed by atoms with van der Waals surface area (Å²) in [6.45, 7) is 12.3. The number of hydrogen-bond donors (Lipinski definition) is 3. The highest BCUT2D eigenvalue weighted by Gasteiger charge is 2.18. The Morgan fingerprint density at radius 3 is 1.86 bits per heavy atom. The zero-order valence-electron chi connectivity index (χ0n) is 14.9. The highest BCUT2D eigenvalue weighted by molar-refractivity contribution is 4.74. The molecular weight excluding hydrogens is 274 g/mol. The number of aliphatic hydroxyl groups excluding tert-OH is 1. The van der Waals surface area contributed by atoms with Gasteiger partial charge in [-0.3, -0.25) is 0 Å². The minimum atomic E-state index is -0.0266. The Kier molecular flexibility index (Phi) is 12.0. The normalized spacial score (nSPS) is 24.7. The largest absolute Gasteiger partial charge is 0.393 e. The Balaban J connectivity index is 0.000000228. The van der Waals surface area contributed by atoms with Gasteiger partial charge in [0.15, 0.2) is 0 Å². The van der Waals surface area contributed by atoms with Crippen molar-refractivity contribution in [3.05, 3.63) is 0 Å². The Labute approximate surface area is 138 Å². The zero-order valence-corrected chi connectivity index (χ0v) is 14.9. The fourth-order valence-corrected chi connectivity index (χ4v) is 3.44. The second kappa shape index (κ2) is 13.3. The molecule has 4 nitrogen and oxygen atoms in total. The van der Waals surface area contributed by atoms with Gasteiger partial charge in [0.1, 0.15) is 0 Å². The van der Waals surface area contributed by atoms with E-state index in [-0.39, 0.29) is 6.10 Å². The van der Waals surface area contributed by atoms with Gasteiger partial charge in [-0.25, -0.2) is 0 Å². The van der Waals surface area contributed by atoms with Gasteiger partial charge in [-0.1, -0.05) is 33.1 Å². The van der Waals surface area contributed by atoms with Crippen LogP contribution in [0.15, 0.2) is 0 Å². The summed E-state index contributed by atoms with van der Waals surface area (Å²) in [5, 5.41) is 15.4. The van der Waals surface area contributed by atoms with E-state index in [4.69, 9.17) is 5.11 Å². The highest BCUT2D eigenvalue weighted by Crippen LogP contribution is 2.24. The van der Waals surface area contributed by atoms with Crippen LogP contribution in [0, 0.1) is 5.92 Å². The summed E-state index contributed by atoms with van der Waals surface area (Å²) < 4.78 is 0. The van der Waals surface area contributed by atoms with Crippen molar-refractivity contribution < 1.29 is 5.11 Å². The van der Waals surface area contributed by atoms with Crippen LogP contribution >= 0.6 is 0 Å². The van der Waals surface area contributed by atoms with Crippen molar-refractivity contribution >= 4 is 0 Å². The summed E-state index contributed by atoms with van der Waals surface area (Å²) >= 11 is 0. The van der Waals surface area contributed by atoms with Crippen molar-refractivity contribution in [2.24, 2.45) is 5.92 Å². The number of nitrogens with one attached hydrogen (secondary N) is 2. The standard InChI is InChI=1S/C11H22N2.C5H11NO.C2H6/c1-2-4-11(5-3-1)10-13-8-6-12-7-9-13;7-5-1-3-6-4-2-5;1-2/h11-12H,1-10H2;5-7H,1-4H2;1-2H3. The smallest absolute Gasteiger partial charge is 0.0564 e. The lowest BCUT2D eigenvalue weighted by atomic mass is 9.89. The van der Waals surface area contributed by atoms with Gasteiger partial charge in [-0.05, 0) is 44.7 Å². The molecular formula is C18H39N3O. The molecule has 4 heteroatoms. The first-order valence-electron chi connectivity index (χ1n) is 9.66. The molecule has 3 fully saturated rings. The van der Waals surface area contributed by atoms with Crippen LogP contribution in [0.1, 0.15) is 58.8 Å². The summed E-state index contributed by atoms with van der Waals surface area (Å²) in [7, 11) is 0. The highest BCUT2D eigenvalue weighted by atomic mass is 16.3. The van der Waals surface area contributed by atoms with Gasteiger partial charge < -0.3 is 20.6 Å². The molecule has 0 unspecified atom stereocenters. The maximum Gasteiger partial charge on any atom is 0.0564 e. The Bertz CT molecular complexity index is 216. The van der Waals surface area contributed by atoms with Gasteiger partial charge in [0, 0.05) is 32.7 Å². The van der Waals surface area contributed by atoms with Gasteiger partial charge in [0.25, 0.3) is 0 Å². The Morgan fingerprint density at radius 2 is 1.36 bits per heavy atom. The maximum absolute atomic E-state index is 8.87. The molecule has 1 saturated carbocycles. The third-order valence-corrected chi connectivity index (χ3v) is 4.76. The first-order chi connectivity index (χ1) is 10.8. The lowest BCUT2D eigenvalue weighted by Gasteiger charge is -2.32. The van der Waals surface area contributed by atoms with E-state index in [1.165, 1.54) is 64.8 Å². The molecule has 22 heavy (non-hydrogen) atoms. The third-order valence-electron chi connectivity index (χ3n) is 4.76. The minimum absolute atomic E-state index is 0.0266. The van der Waals surface area contributed by atoms with E-state index in [0.29, 0.717) is 0 Å². The number of hydrogen-bond acceptors (Lipinski definition) is 4. The summed E-state index contributed by atoms with van der Waals surface area (Å²) in [4.78, 5) is 2.65. The van der Waals surface area contributed by atoms with Crippen molar-refractivity contribution in [2.45, 2.75) is 64.9 Å². The third kappa shape index (κ3) is 9.09.